The molecule has 4 nitrogen and oxygen atoms in total. The first-order chi connectivity index (χ1) is 6.84. The van der Waals surface area contributed by atoms with Crippen LogP contribution in [0.1, 0.15) is 12.8 Å². The van der Waals surface area contributed by atoms with Gasteiger partial charge in [0.15, 0.2) is 0 Å². The third kappa shape index (κ3) is 2.56. The van der Waals surface area contributed by atoms with Crippen LogP contribution in [0.2, 0.25) is 0 Å². The fourth-order valence-electron chi connectivity index (χ4n) is 1.85. The molecule has 2 N–H and O–H groups in total. The fourth-order valence-corrected chi connectivity index (χ4v) is 1.85. The van der Waals surface area contributed by atoms with Gasteiger partial charge in [-0.1, -0.05) is 0 Å². The quantitative estimate of drug-likeness (QED) is 0.753. The highest BCUT2D eigenvalue weighted by atomic mass is 15.3. The largest absolute Gasteiger partial charge is 0.328 e. The van der Waals surface area contributed by atoms with Gasteiger partial charge in [0.2, 0.25) is 0 Å². The first-order valence-electron chi connectivity index (χ1n) is 5.30. The van der Waals surface area contributed by atoms with Crippen LogP contribution in [0, 0.1) is 0 Å². The molecule has 0 atom stereocenters. The Hall–Kier alpha value is -0.870. The number of hydrogen-bond donors (Lipinski definition) is 1. The van der Waals surface area contributed by atoms with Gasteiger partial charge in [-0.3, -0.25) is 4.68 Å². The highest BCUT2D eigenvalue weighted by Gasteiger charge is 2.15. The second-order valence-corrected chi connectivity index (χ2v) is 3.95. The second kappa shape index (κ2) is 4.57. The summed E-state index contributed by atoms with van der Waals surface area (Å²) >= 11 is 0. The number of piperidine rings is 1. The molecule has 0 amide bonds. The van der Waals surface area contributed by atoms with E-state index in [1.807, 2.05) is 23.1 Å². The van der Waals surface area contributed by atoms with E-state index in [0.717, 1.165) is 39.0 Å². The molecule has 0 radical (unpaired) electrons. The lowest BCUT2D eigenvalue weighted by atomic mass is 10.1. The summed E-state index contributed by atoms with van der Waals surface area (Å²) in [4.78, 5) is 2.46. The van der Waals surface area contributed by atoms with Gasteiger partial charge in [-0.05, 0) is 32.0 Å². The molecule has 0 bridgehead atoms. The maximum absolute atomic E-state index is 5.84. The zero-order valence-corrected chi connectivity index (χ0v) is 8.47. The van der Waals surface area contributed by atoms with Crippen molar-refractivity contribution < 1.29 is 0 Å². The van der Waals surface area contributed by atoms with Crippen LogP contribution in [0.15, 0.2) is 18.5 Å². The Kier molecular flexibility index (Phi) is 3.16. The topological polar surface area (TPSA) is 47.1 Å². The molecule has 0 aliphatic carbocycles. The molecule has 0 saturated carbocycles. The smallest absolute Gasteiger partial charge is 0.0536 e. The van der Waals surface area contributed by atoms with Crippen molar-refractivity contribution in [3.63, 3.8) is 0 Å². The van der Waals surface area contributed by atoms with Crippen molar-refractivity contribution in [2.45, 2.75) is 25.4 Å². The summed E-state index contributed by atoms with van der Waals surface area (Å²) < 4.78 is 1.98. The zero-order valence-electron chi connectivity index (χ0n) is 8.47. The minimum absolute atomic E-state index is 0.427. The van der Waals surface area contributed by atoms with E-state index in [2.05, 4.69) is 10.00 Å². The Labute approximate surface area is 84.7 Å². The minimum Gasteiger partial charge on any atom is -0.328 e. The van der Waals surface area contributed by atoms with Crippen molar-refractivity contribution in [2.24, 2.45) is 5.73 Å². The predicted octanol–water partition coefficient (Wildman–Crippen LogP) is 0.306. The first kappa shape index (κ1) is 9.68. The first-order valence-corrected chi connectivity index (χ1v) is 5.30. The van der Waals surface area contributed by atoms with Crippen LogP contribution >= 0.6 is 0 Å². The lowest BCUT2D eigenvalue weighted by molar-refractivity contribution is 0.204. The molecule has 1 aliphatic rings. The maximum Gasteiger partial charge on any atom is 0.0536 e. The molecular formula is C10H18N4. The molecule has 2 heterocycles. The van der Waals surface area contributed by atoms with E-state index >= 15 is 0 Å². The Bertz CT molecular complexity index is 249. The van der Waals surface area contributed by atoms with E-state index in [4.69, 9.17) is 5.73 Å². The molecule has 1 aliphatic heterocycles. The highest BCUT2D eigenvalue weighted by molar-refractivity contribution is 4.79. The fraction of sp³-hybridized carbons (Fsp3) is 0.700. The summed E-state index contributed by atoms with van der Waals surface area (Å²) in [6, 6.07) is 2.39. The zero-order chi connectivity index (χ0) is 9.80. The third-order valence-corrected chi connectivity index (χ3v) is 2.84. The SMILES string of the molecule is NC1CCN(CCn2cccn2)CC1. The van der Waals surface area contributed by atoms with Crippen LogP contribution in [-0.2, 0) is 6.54 Å². The van der Waals surface area contributed by atoms with Crippen molar-refractivity contribution in [1.29, 1.82) is 0 Å². The van der Waals surface area contributed by atoms with E-state index in [0.29, 0.717) is 6.04 Å². The normalized spacial score (nSPS) is 20.1. The minimum atomic E-state index is 0.427. The molecule has 0 aromatic carbocycles. The molecule has 2 rings (SSSR count). The molecule has 1 fully saturated rings. The van der Waals surface area contributed by atoms with Gasteiger partial charge in [0.25, 0.3) is 0 Å². The molecule has 0 unspecified atom stereocenters. The van der Waals surface area contributed by atoms with Crippen molar-refractivity contribution in [3.8, 4) is 0 Å². The Balaban J connectivity index is 1.71. The van der Waals surface area contributed by atoms with E-state index < -0.39 is 0 Å². The number of likely N-dealkylation sites (tertiary alicyclic amines) is 1. The van der Waals surface area contributed by atoms with Gasteiger partial charge in [-0.15, -0.1) is 0 Å². The molecule has 78 valence electrons. The van der Waals surface area contributed by atoms with Crippen molar-refractivity contribution in [1.82, 2.24) is 14.7 Å². The summed E-state index contributed by atoms with van der Waals surface area (Å²) in [5, 5.41) is 4.18. The average molecular weight is 194 g/mol. The number of nitrogens with two attached hydrogens (primary N) is 1. The Morgan fingerprint density at radius 2 is 2.07 bits per heavy atom. The maximum atomic E-state index is 5.84. The molecule has 1 aromatic rings. The van der Waals surface area contributed by atoms with Crippen LogP contribution in [0.4, 0.5) is 0 Å². The molecule has 1 saturated heterocycles. The standard InChI is InChI=1S/C10H18N4/c11-10-2-6-13(7-3-10)8-9-14-5-1-4-12-14/h1,4-5,10H,2-3,6-9,11H2. The van der Waals surface area contributed by atoms with Crippen LogP contribution in [0.3, 0.4) is 0 Å². The summed E-state index contributed by atoms with van der Waals surface area (Å²) in [7, 11) is 0. The van der Waals surface area contributed by atoms with Gasteiger partial charge >= 0.3 is 0 Å². The molecular weight excluding hydrogens is 176 g/mol. The van der Waals surface area contributed by atoms with E-state index in [9.17, 15) is 0 Å². The highest BCUT2D eigenvalue weighted by Crippen LogP contribution is 2.07. The number of rotatable bonds is 3. The van der Waals surface area contributed by atoms with Gasteiger partial charge in [-0.2, -0.15) is 5.10 Å². The number of nitrogens with zero attached hydrogens (tertiary/aromatic N) is 3. The predicted molar refractivity (Wildman–Crippen MR) is 55.9 cm³/mol. The lowest BCUT2D eigenvalue weighted by Crippen LogP contribution is -2.40. The lowest BCUT2D eigenvalue weighted by Gasteiger charge is -2.29. The summed E-state index contributed by atoms with van der Waals surface area (Å²) in [6.07, 6.45) is 6.11. The van der Waals surface area contributed by atoms with E-state index in [1.165, 1.54) is 0 Å². The molecule has 0 spiro atoms. The average Bonchev–Trinajstić information content (AvgIpc) is 2.70. The number of aromatic nitrogens is 2. The summed E-state index contributed by atoms with van der Waals surface area (Å²) in [5.41, 5.74) is 5.84. The molecule has 1 aromatic heterocycles. The van der Waals surface area contributed by atoms with Crippen molar-refractivity contribution in [2.75, 3.05) is 19.6 Å². The third-order valence-electron chi connectivity index (χ3n) is 2.84. The monoisotopic (exact) mass is 194 g/mol. The van der Waals surface area contributed by atoms with E-state index in [-0.39, 0.29) is 0 Å². The van der Waals surface area contributed by atoms with Gasteiger partial charge in [0.05, 0.1) is 6.54 Å². The second-order valence-electron chi connectivity index (χ2n) is 3.95. The Morgan fingerprint density at radius 1 is 1.29 bits per heavy atom. The van der Waals surface area contributed by atoms with Gasteiger partial charge in [0, 0.05) is 25.0 Å². The van der Waals surface area contributed by atoms with Gasteiger partial charge < -0.3 is 10.6 Å². The van der Waals surface area contributed by atoms with Crippen LogP contribution in [-0.4, -0.2) is 40.4 Å². The van der Waals surface area contributed by atoms with Crippen molar-refractivity contribution >= 4 is 0 Å². The summed E-state index contributed by atoms with van der Waals surface area (Å²) in [6.45, 7) is 4.36. The van der Waals surface area contributed by atoms with Crippen LogP contribution in [0.25, 0.3) is 0 Å². The number of hydrogen-bond acceptors (Lipinski definition) is 3. The van der Waals surface area contributed by atoms with Gasteiger partial charge in [-0.25, -0.2) is 0 Å². The van der Waals surface area contributed by atoms with Crippen LogP contribution < -0.4 is 5.73 Å². The summed E-state index contributed by atoms with van der Waals surface area (Å²) in [5.74, 6) is 0. The van der Waals surface area contributed by atoms with Crippen LogP contribution in [0.5, 0.6) is 0 Å². The van der Waals surface area contributed by atoms with E-state index in [1.54, 1.807) is 0 Å². The molecule has 4 heteroatoms. The van der Waals surface area contributed by atoms with Crippen molar-refractivity contribution in [3.05, 3.63) is 18.5 Å². The van der Waals surface area contributed by atoms with Gasteiger partial charge in [0.1, 0.15) is 0 Å². The Morgan fingerprint density at radius 3 is 2.71 bits per heavy atom. The molecule has 14 heavy (non-hydrogen) atoms.